The van der Waals surface area contributed by atoms with E-state index in [4.69, 9.17) is 4.74 Å². The fourth-order valence-electron chi connectivity index (χ4n) is 10.2. The fraction of sp³-hybridized carbons (Fsp3) is 0.938. The molecule has 0 saturated carbocycles. The molecule has 0 radical (unpaired) electrons. The van der Waals surface area contributed by atoms with Crippen molar-refractivity contribution in [3.05, 3.63) is 12.2 Å². The Bertz CT molecular complexity index is 1050. The quantitative estimate of drug-likeness (QED) is 0.0321. The molecule has 0 fully saturated rings. The number of nitrogens with one attached hydrogen (secondary N) is 1. The van der Waals surface area contributed by atoms with Crippen molar-refractivity contribution in [3.63, 3.8) is 0 Å². The van der Waals surface area contributed by atoms with E-state index in [0.717, 1.165) is 38.5 Å². The zero-order valence-corrected chi connectivity index (χ0v) is 47.5. The number of aliphatic hydroxyl groups is 2. The topological polar surface area (TPSA) is 95.9 Å². The van der Waals surface area contributed by atoms with Gasteiger partial charge >= 0.3 is 5.97 Å². The number of ether oxygens (including phenoxy) is 1. The maximum absolute atomic E-state index is 12.5. The number of hydrogen-bond donors (Lipinski definition) is 3. The van der Waals surface area contributed by atoms with E-state index in [2.05, 4.69) is 31.3 Å². The van der Waals surface area contributed by atoms with Crippen LogP contribution in [0, 0.1) is 0 Å². The van der Waals surface area contributed by atoms with Crippen LogP contribution in [0.2, 0.25) is 0 Å². The molecule has 2 unspecified atom stereocenters. The van der Waals surface area contributed by atoms with Gasteiger partial charge in [0.05, 0.1) is 25.4 Å². The molecule has 6 heteroatoms. The molecule has 1 amide bonds. The first-order valence-corrected chi connectivity index (χ1v) is 31.9. The van der Waals surface area contributed by atoms with E-state index in [1.807, 2.05) is 0 Å². The van der Waals surface area contributed by atoms with Gasteiger partial charge in [-0.3, -0.25) is 9.59 Å². The van der Waals surface area contributed by atoms with Gasteiger partial charge in [-0.15, -0.1) is 0 Å². The SMILES string of the molecule is CCCCCCCCCCCCCCCCCCC(O)C(CO)NC(=O)CCCCCCCCCC/C=C\CCCCCCCCCCCCCCOC(=O)CCCCCCCCCCCCCCC. The lowest BCUT2D eigenvalue weighted by Gasteiger charge is -2.22. The van der Waals surface area contributed by atoms with Crippen LogP contribution >= 0.6 is 0 Å². The van der Waals surface area contributed by atoms with Crippen LogP contribution in [0.15, 0.2) is 12.2 Å². The summed E-state index contributed by atoms with van der Waals surface area (Å²) in [4.78, 5) is 24.5. The van der Waals surface area contributed by atoms with Gasteiger partial charge in [-0.25, -0.2) is 0 Å². The van der Waals surface area contributed by atoms with E-state index in [9.17, 15) is 19.8 Å². The maximum atomic E-state index is 12.5. The largest absolute Gasteiger partial charge is 0.466 e. The summed E-state index contributed by atoms with van der Waals surface area (Å²) in [5.74, 6) is -0.0218. The predicted molar refractivity (Wildman–Crippen MR) is 306 cm³/mol. The summed E-state index contributed by atoms with van der Waals surface area (Å²) in [5.41, 5.74) is 0. The zero-order chi connectivity index (χ0) is 50.7. The van der Waals surface area contributed by atoms with Crippen LogP contribution in [-0.2, 0) is 14.3 Å². The number of aliphatic hydroxyl groups excluding tert-OH is 2. The van der Waals surface area contributed by atoms with Crippen LogP contribution in [0.3, 0.4) is 0 Å². The molecule has 0 aliphatic rings. The molecule has 0 aliphatic carbocycles. The molecule has 0 aliphatic heterocycles. The number of unbranched alkanes of at least 4 members (excludes halogenated alkanes) is 47. The molecule has 0 spiro atoms. The van der Waals surface area contributed by atoms with Crippen molar-refractivity contribution in [2.75, 3.05) is 13.2 Å². The van der Waals surface area contributed by atoms with Gasteiger partial charge in [-0.05, 0) is 51.4 Å². The van der Waals surface area contributed by atoms with Gasteiger partial charge in [0.1, 0.15) is 0 Å². The van der Waals surface area contributed by atoms with E-state index >= 15 is 0 Å². The Morgan fingerprint density at radius 1 is 0.386 bits per heavy atom. The van der Waals surface area contributed by atoms with Gasteiger partial charge in [-0.1, -0.05) is 309 Å². The highest BCUT2D eigenvalue weighted by atomic mass is 16.5. The van der Waals surface area contributed by atoms with Crippen LogP contribution in [0.25, 0.3) is 0 Å². The highest BCUT2D eigenvalue weighted by Gasteiger charge is 2.20. The van der Waals surface area contributed by atoms with Crippen molar-refractivity contribution < 1.29 is 24.5 Å². The Labute approximate surface area is 438 Å². The Balaban J connectivity index is 3.39. The summed E-state index contributed by atoms with van der Waals surface area (Å²) in [6.45, 7) is 4.98. The van der Waals surface area contributed by atoms with Gasteiger partial charge in [0.25, 0.3) is 0 Å². The van der Waals surface area contributed by atoms with E-state index in [1.165, 1.54) is 289 Å². The van der Waals surface area contributed by atoms with Crippen LogP contribution in [-0.4, -0.2) is 47.4 Å². The summed E-state index contributed by atoms with van der Waals surface area (Å²) in [6, 6.07) is -0.544. The molecule has 0 aromatic heterocycles. The van der Waals surface area contributed by atoms with Crippen molar-refractivity contribution in [2.24, 2.45) is 0 Å². The molecule has 0 aromatic carbocycles. The number of amides is 1. The number of carbonyl (C=O) groups excluding carboxylic acids is 2. The normalized spacial score (nSPS) is 12.6. The molecule has 3 N–H and O–H groups in total. The molecule has 416 valence electrons. The first-order valence-electron chi connectivity index (χ1n) is 31.9. The van der Waals surface area contributed by atoms with Crippen LogP contribution in [0.1, 0.15) is 361 Å². The predicted octanol–water partition coefficient (Wildman–Crippen LogP) is 20.0. The van der Waals surface area contributed by atoms with Gasteiger partial charge in [0.2, 0.25) is 5.91 Å². The molecule has 0 rings (SSSR count). The number of rotatable bonds is 60. The molecule has 0 heterocycles. The van der Waals surface area contributed by atoms with E-state index in [-0.39, 0.29) is 18.5 Å². The highest BCUT2D eigenvalue weighted by molar-refractivity contribution is 5.76. The summed E-state index contributed by atoms with van der Waals surface area (Å²) in [5, 5.41) is 23.3. The minimum Gasteiger partial charge on any atom is -0.466 e. The number of esters is 1. The third-order valence-corrected chi connectivity index (χ3v) is 15.1. The summed E-state index contributed by atoms with van der Waals surface area (Å²) >= 11 is 0. The monoisotopic (exact) mass is 988 g/mol. The molecule has 0 bridgehead atoms. The summed E-state index contributed by atoms with van der Waals surface area (Å²) < 4.78 is 5.48. The third kappa shape index (κ3) is 55.9. The summed E-state index contributed by atoms with van der Waals surface area (Å²) in [6.07, 6.45) is 72.3. The Morgan fingerprint density at radius 3 is 1.01 bits per heavy atom. The summed E-state index contributed by atoms with van der Waals surface area (Å²) in [7, 11) is 0. The number of carbonyl (C=O) groups is 2. The average molecular weight is 989 g/mol. The molecule has 2 atom stereocenters. The van der Waals surface area contributed by atoms with Gasteiger partial charge < -0.3 is 20.3 Å². The molecule has 70 heavy (non-hydrogen) atoms. The van der Waals surface area contributed by atoms with E-state index in [1.54, 1.807) is 0 Å². The van der Waals surface area contributed by atoms with Crippen molar-refractivity contribution in [1.29, 1.82) is 0 Å². The standard InChI is InChI=1S/C64H125NO5/c1-3-5-7-9-11-13-15-17-18-29-33-36-40-44-48-52-56-62(67)61(60-66)65-63(68)57-53-49-45-41-37-34-30-27-25-23-21-19-20-22-24-26-28-31-35-39-43-47-51-55-59-70-64(69)58-54-50-46-42-38-32-16-14-12-10-8-6-4-2/h21,23,61-62,66-67H,3-20,22,24-60H2,1-2H3,(H,65,68)/b23-21-. The second-order valence-electron chi connectivity index (χ2n) is 22.1. The van der Waals surface area contributed by atoms with E-state index < -0.39 is 12.1 Å². The van der Waals surface area contributed by atoms with Gasteiger partial charge in [0, 0.05) is 12.8 Å². The molecule has 0 saturated heterocycles. The zero-order valence-electron chi connectivity index (χ0n) is 47.5. The third-order valence-electron chi connectivity index (χ3n) is 15.1. The lowest BCUT2D eigenvalue weighted by atomic mass is 10.0. The van der Waals surface area contributed by atoms with Gasteiger partial charge in [0.15, 0.2) is 0 Å². The lowest BCUT2D eigenvalue weighted by Crippen LogP contribution is -2.45. The highest BCUT2D eigenvalue weighted by Crippen LogP contribution is 2.18. The minimum atomic E-state index is -0.666. The maximum Gasteiger partial charge on any atom is 0.305 e. The van der Waals surface area contributed by atoms with Gasteiger partial charge in [-0.2, -0.15) is 0 Å². The Morgan fingerprint density at radius 2 is 0.671 bits per heavy atom. The Kier molecular flexibility index (Phi) is 59.0. The van der Waals surface area contributed by atoms with Crippen LogP contribution in [0.5, 0.6) is 0 Å². The fourth-order valence-corrected chi connectivity index (χ4v) is 10.2. The molecular weight excluding hydrogens is 863 g/mol. The lowest BCUT2D eigenvalue weighted by molar-refractivity contribution is -0.143. The van der Waals surface area contributed by atoms with Crippen molar-refractivity contribution in [2.45, 2.75) is 373 Å². The minimum absolute atomic E-state index is 0.0148. The average Bonchev–Trinajstić information content (AvgIpc) is 3.36. The molecule has 6 nitrogen and oxygen atoms in total. The smallest absolute Gasteiger partial charge is 0.305 e. The second kappa shape index (κ2) is 60.2. The van der Waals surface area contributed by atoms with Crippen molar-refractivity contribution in [1.82, 2.24) is 5.32 Å². The van der Waals surface area contributed by atoms with E-state index in [0.29, 0.717) is 25.9 Å². The molecule has 0 aromatic rings. The number of allylic oxidation sites excluding steroid dienone is 2. The van der Waals surface area contributed by atoms with Crippen molar-refractivity contribution in [3.8, 4) is 0 Å². The molecular formula is C64H125NO5. The van der Waals surface area contributed by atoms with Crippen molar-refractivity contribution >= 4 is 11.9 Å². The van der Waals surface area contributed by atoms with Crippen LogP contribution in [0.4, 0.5) is 0 Å². The Hall–Kier alpha value is -1.40. The first-order chi connectivity index (χ1) is 34.5. The van der Waals surface area contributed by atoms with Crippen LogP contribution < -0.4 is 5.32 Å². The second-order valence-corrected chi connectivity index (χ2v) is 22.1. The number of hydrogen-bond acceptors (Lipinski definition) is 5. The first kappa shape index (κ1) is 68.6.